The van der Waals surface area contributed by atoms with Gasteiger partial charge in [0, 0.05) is 18.8 Å². The lowest BCUT2D eigenvalue weighted by Gasteiger charge is -2.26. The van der Waals surface area contributed by atoms with Gasteiger partial charge in [-0.25, -0.2) is 4.79 Å². The van der Waals surface area contributed by atoms with Crippen LogP contribution in [0.4, 0.5) is 0 Å². The van der Waals surface area contributed by atoms with Crippen molar-refractivity contribution in [2.24, 2.45) is 5.92 Å². The summed E-state index contributed by atoms with van der Waals surface area (Å²) in [5, 5.41) is 17.5. The highest BCUT2D eigenvalue weighted by atomic mass is 32.2. The second kappa shape index (κ2) is 14.1. The van der Waals surface area contributed by atoms with Crippen molar-refractivity contribution in [1.29, 1.82) is 0 Å². The molecule has 1 heterocycles. The Morgan fingerprint density at radius 2 is 1.63 bits per heavy atom. The van der Waals surface area contributed by atoms with Gasteiger partial charge >= 0.3 is 5.97 Å². The van der Waals surface area contributed by atoms with Crippen molar-refractivity contribution in [1.82, 2.24) is 20.9 Å². The maximum atomic E-state index is 13.2. The highest BCUT2D eigenvalue weighted by Crippen LogP contribution is 2.09. The smallest absolute Gasteiger partial charge is 0.326 e. The Labute approximate surface area is 209 Å². The monoisotopic (exact) mass is 500 g/mol. The number of carbonyl (C=O) groups excluding carboxylic acids is 3. The van der Waals surface area contributed by atoms with Gasteiger partial charge in [0.2, 0.25) is 11.8 Å². The molecular formula is C25H32N4O5S. The third-order valence-electron chi connectivity index (χ3n) is 5.30. The molecule has 9 nitrogen and oxygen atoms in total. The van der Waals surface area contributed by atoms with Crippen molar-refractivity contribution >= 4 is 35.5 Å². The van der Waals surface area contributed by atoms with Gasteiger partial charge < -0.3 is 21.1 Å². The molecule has 35 heavy (non-hydrogen) atoms. The Balaban J connectivity index is 2.20. The lowest BCUT2D eigenvalue weighted by atomic mass is 10.0. The molecule has 3 unspecified atom stereocenters. The molecule has 0 spiro atoms. The quantitative estimate of drug-likeness (QED) is 0.330. The maximum Gasteiger partial charge on any atom is 0.326 e. The predicted molar refractivity (Wildman–Crippen MR) is 135 cm³/mol. The number of hydrogen-bond acceptors (Lipinski definition) is 6. The number of pyridine rings is 1. The maximum absolute atomic E-state index is 13.2. The number of nitrogens with one attached hydrogen (secondary N) is 3. The van der Waals surface area contributed by atoms with Crippen LogP contribution in [0.25, 0.3) is 0 Å². The number of benzene rings is 1. The van der Waals surface area contributed by atoms with Crippen molar-refractivity contribution in [3.8, 4) is 0 Å². The number of carboxylic acids is 1. The van der Waals surface area contributed by atoms with E-state index < -0.39 is 41.8 Å². The summed E-state index contributed by atoms with van der Waals surface area (Å²) in [5.74, 6) is -2.45. The molecule has 0 fully saturated rings. The van der Waals surface area contributed by atoms with Gasteiger partial charge in [0.1, 0.15) is 18.1 Å². The lowest BCUT2D eigenvalue weighted by Crippen LogP contribution is -2.57. The Morgan fingerprint density at radius 3 is 2.20 bits per heavy atom. The third kappa shape index (κ3) is 9.05. The first-order valence-electron chi connectivity index (χ1n) is 11.3. The van der Waals surface area contributed by atoms with Gasteiger partial charge in [-0.3, -0.25) is 19.4 Å². The molecule has 0 aliphatic carbocycles. The minimum absolute atomic E-state index is 0.161. The molecule has 2 aromatic rings. The summed E-state index contributed by atoms with van der Waals surface area (Å²) in [6.07, 6.45) is 5.21. The van der Waals surface area contributed by atoms with Gasteiger partial charge in [-0.15, -0.1) is 0 Å². The number of carboxylic acid groups (broad SMARTS) is 1. The summed E-state index contributed by atoms with van der Waals surface area (Å²) in [4.78, 5) is 54.5. The first-order chi connectivity index (χ1) is 16.7. The first-order valence-corrected chi connectivity index (χ1v) is 12.7. The molecule has 0 saturated heterocycles. The average Bonchev–Trinajstić information content (AvgIpc) is 2.85. The fraction of sp³-hybridized carbons (Fsp3) is 0.400. The molecule has 0 saturated carbocycles. The van der Waals surface area contributed by atoms with E-state index in [1.54, 1.807) is 32.2 Å². The lowest BCUT2D eigenvalue weighted by molar-refractivity contribution is -0.142. The predicted octanol–water partition coefficient (Wildman–Crippen LogP) is 1.89. The summed E-state index contributed by atoms with van der Waals surface area (Å²) in [5.41, 5.74) is 1.10. The molecule has 0 bridgehead atoms. The molecule has 0 aliphatic heterocycles. The van der Waals surface area contributed by atoms with Crippen LogP contribution in [-0.2, 0) is 20.8 Å². The number of amides is 3. The van der Waals surface area contributed by atoms with Gasteiger partial charge in [0.15, 0.2) is 0 Å². The van der Waals surface area contributed by atoms with Crippen LogP contribution in [0.2, 0.25) is 0 Å². The zero-order chi connectivity index (χ0) is 25.8. The Hall–Kier alpha value is -3.40. The molecule has 2 rings (SSSR count). The van der Waals surface area contributed by atoms with Crippen LogP contribution in [-0.4, -0.2) is 63.9 Å². The molecule has 188 valence electrons. The highest BCUT2D eigenvalue weighted by molar-refractivity contribution is 7.98. The molecule has 1 aromatic carbocycles. The molecule has 4 N–H and O–H groups in total. The number of nitrogens with zero attached hydrogens (tertiary/aromatic N) is 1. The molecule has 3 atom stereocenters. The number of hydrogen-bond donors (Lipinski definition) is 4. The Morgan fingerprint density at radius 1 is 0.943 bits per heavy atom. The fourth-order valence-electron chi connectivity index (χ4n) is 3.34. The van der Waals surface area contributed by atoms with Crippen LogP contribution in [0, 0.1) is 5.92 Å². The summed E-state index contributed by atoms with van der Waals surface area (Å²) >= 11 is 1.48. The molecule has 3 amide bonds. The molecule has 10 heteroatoms. The minimum Gasteiger partial charge on any atom is -0.480 e. The zero-order valence-corrected chi connectivity index (χ0v) is 20.9. The standard InChI is InChI=1S/C25H32N4O5S/c1-16(2)21(29-22(30)18-10-7-12-26-15-18)24(32)28-20(14-17-8-5-4-6-9-17)23(31)27-19(25(33)34)11-13-35-3/h4-10,12,15-16,19-21H,11,13-14H2,1-3H3,(H,27,31)(H,28,32)(H,29,30)(H,33,34). The van der Waals surface area contributed by atoms with Gasteiger partial charge in [0.25, 0.3) is 5.91 Å². The largest absolute Gasteiger partial charge is 0.480 e. The molecule has 0 aliphatic rings. The SMILES string of the molecule is CSCCC(NC(=O)C(Cc1ccccc1)NC(=O)C(NC(=O)c1cccnc1)C(C)C)C(=O)O. The summed E-state index contributed by atoms with van der Waals surface area (Å²) < 4.78 is 0. The van der Waals surface area contributed by atoms with E-state index in [0.717, 1.165) is 5.56 Å². The summed E-state index contributed by atoms with van der Waals surface area (Å²) in [7, 11) is 0. The van der Waals surface area contributed by atoms with Crippen molar-refractivity contribution in [3.05, 3.63) is 66.0 Å². The summed E-state index contributed by atoms with van der Waals surface area (Å²) in [6, 6.07) is 9.29. The normalized spacial score (nSPS) is 13.4. The minimum atomic E-state index is -1.14. The molecular weight excluding hydrogens is 468 g/mol. The van der Waals surface area contributed by atoms with Crippen LogP contribution < -0.4 is 16.0 Å². The second-order valence-electron chi connectivity index (χ2n) is 8.37. The van der Waals surface area contributed by atoms with Gasteiger partial charge in [0.05, 0.1) is 5.56 Å². The van der Waals surface area contributed by atoms with Crippen LogP contribution in [0.3, 0.4) is 0 Å². The van der Waals surface area contributed by atoms with Crippen molar-refractivity contribution < 1.29 is 24.3 Å². The molecule has 1 aromatic heterocycles. The van der Waals surface area contributed by atoms with E-state index in [1.807, 2.05) is 36.6 Å². The second-order valence-corrected chi connectivity index (χ2v) is 9.35. The van der Waals surface area contributed by atoms with Crippen LogP contribution in [0.15, 0.2) is 54.9 Å². The summed E-state index contributed by atoms with van der Waals surface area (Å²) in [6.45, 7) is 3.56. The van der Waals surface area contributed by atoms with Crippen LogP contribution in [0.5, 0.6) is 0 Å². The van der Waals surface area contributed by atoms with E-state index in [2.05, 4.69) is 20.9 Å². The van der Waals surface area contributed by atoms with Gasteiger partial charge in [-0.2, -0.15) is 11.8 Å². The van der Waals surface area contributed by atoms with Crippen molar-refractivity contribution in [3.63, 3.8) is 0 Å². The van der Waals surface area contributed by atoms with Crippen molar-refractivity contribution in [2.75, 3.05) is 12.0 Å². The third-order valence-corrected chi connectivity index (χ3v) is 5.94. The zero-order valence-electron chi connectivity index (χ0n) is 20.1. The highest BCUT2D eigenvalue weighted by Gasteiger charge is 2.31. The van der Waals surface area contributed by atoms with E-state index in [4.69, 9.17) is 0 Å². The van der Waals surface area contributed by atoms with E-state index >= 15 is 0 Å². The Kier molecular flexibility index (Phi) is 11.2. The van der Waals surface area contributed by atoms with Gasteiger partial charge in [-0.1, -0.05) is 44.2 Å². The van der Waals surface area contributed by atoms with Crippen molar-refractivity contribution in [2.45, 2.75) is 44.8 Å². The van der Waals surface area contributed by atoms with E-state index in [0.29, 0.717) is 11.3 Å². The first kappa shape index (κ1) is 27.8. The Bertz CT molecular complexity index is 988. The van der Waals surface area contributed by atoms with Crippen LogP contribution in [0.1, 0.15) is 36.2 Å². The molecule has 0 radical (unpaired) electrons. The van der Waals surface area contributed by atoms with Gasteiger partial charge in [-0.05, 0) is 42.0 Å². The number of carbonyl (C=O) groups is 4. The topological polar surface area (TPSA) is 137 Å². The fourth-order valence-corrected chi connectivity index (χ4v) is 3.81. The van der Waals surface area contributed by atoms with E-state index in [9.17, 15) is 24.3 Å². The number of aliphatic carboxylic acids is 1. The van der Waals surface area contributed by atoms with Crippen LogP contribution >= 0.6 is 11.8 Å². The van der Waals surface area contributed by atoms with E-state index in [1.165, 1.54) is 18.0 Å². The van der Waals surface area contributed by atoms with E-state index in [-0.39, 0.29) is 18.8 Å². The number of aromatic nitrogens is 1. The number of rotatable bonds is 13. The number of thioether (sulfide) groups is 1. The average molecular weight is 501 g/mol.